The summed E-state index contributed by atoms with van der Waals surface area (Å²) in [5.41, 5.74) is 0.725. The highest BCUT2D eigenvalue weighted by Crippen LogP contribution is 2.19. The summed E-state index contributed by atoms with van der Waals surface area (Å²) in [5, 5.41) is 13.1. The first-order valence-electron chi connectivity index (χ1n) is 4.98. The molecular formula is C11H13N3O2. The molecule has 0 fully saturated rings. The fourth-order valence-corrected chi connectivity index (χ4v) is 1.33. The van der Waals surface area contributed by atoms with Crippen molar-refractivity contribution in [2.24, 2.45) is 0 Å². The van der Waals surface area contributed by atoms with Gasteiger partial charge < -0.3 is 5.11 Å². The molecule has 0 aliphatic rings. The van der Waals surface area contributed by atoms with Gasteiger partial charge in [0.1, 0.15) is 0 Å². The lowest BCUT2D eigenvalue weighted by molar-refractivity contribution is 0.0696. The number of aromatic nitrogens is 3. The number of hydrogen-bond donors (Lipinski definition) is 1. The first kappa shape index (κ1) is 10.6. The molecule has 0 unspecified atom stereocenters. The highest BCUT2D eigenvalue weighted by Gasteiger charge is 2.19. The molecule has 2 aromatic heterocycles. The van der Waals surface area contributed by atoms with Crippen molar-refractivity contribution in [3.8, 4) is 0 Å². The SMILES string of the molecule is CC(C)(C)c1nc2ccc(C(=O)O)cn2n1. The summed E-state index contributed by atoms with van der Waals surface area (Å²) in [6, 6.07) is 3.18. The van der Waals surface area contributed by atoms with Gasteiger partial charge in [0.25, 0.3) is 0 Å². The lowest BCUT2D eigenvalue weighted by Crippen LogP contribution is -2.13. The molecule has 0 amide bonds. The lowest BCUT2D eigenvalue weighted by Gasteiger charge is -2.11. The summed E-state index contributed by atoms with van der Waals surface area (Å²) < 4.78 is 1.50. The van der Waals surface area contributed by atoms with Gasteiger partial charge in [0, 0.05) is 11.6 Å². The summed E-state index contributed by atoms with van der Waals surface area (Å²) in [7, 11) is 0. The Morgan fingerprint density at radius 1 is 1.38 bits per heavy atom. The quantitative estimate of drug-likeness (QED) is 0.793. The number of carboxylic acids is 1. The van der Waals surface area contributed by atoms with Crippen LogP contribution in [0.25, 0.3) is 5.65 Å². The third-order valence-electron chi connectivity index (χ3n) is 2.25. The molecule has 0 atom stereocenters. The number of carbonyl (C=O) groups is 1. The van der Waals surface area contributed by atoms with Crippen molar-refractivity contribution in [3.05, 3.63) is 29.7 Å². The Labute approximate surface area is 92.7 Å². The number of fused-ring (bicyclic) bond motifs is 1. The van der Waals surface area contributed by atoms with Crippen molar-refractivity contribution in [2.75, 3.05) is 0 Å². The van der Waals surface area contributed by atoms with Gasteiger partial charge in [0.15, 0.2) is 11.5 Å². The van der Waals surface area contributed by atoms with E-state index in [1.54, 1.807) is 6.07 Å². The van der Waals surface area contributed by atoms with Gasteiger partial charge in [-0.3, -0.25) is 0 Å². The highest BCUT2D eigenvalue weighted by molar-refractivity contribution is 5.87. The molecule has 2 aromatic rings. The Kier molecular flexibility index (Phi) is 2.18. The largest absolute Gasteiger partial charge is 0.478 e. The van der Waals surface area contributed by atoms with Crippen molar-refractivity contribution in [3.63, 3.8) is 0 Å². The van der Waals surface area contributed by atoms with E-state index in [-0.39, 0.29) is 11.0 Å². The molecular weight excluding hydrogens is 206 g/mol. The van der Waals surface area contributed by atoms with Crippen molar-refractivity contribution in [1.29, 1.82) is 0 Å². The van der Waals surface area contributed by atoms with Crippen LogP contribution in [-0.2, 0) is 5.41 Å². The molecule has 0 spiro atoms. The van der Waals surface area contributed by atoms with Crippen LogP contribution in [0.3, 0.4) is 0 Å². The maximum atomic E-state index is 10.8. The molecule has 0 saturated heterocycles. The molecule has 1 N–H and O–H groups in total. The van der Waals surface area contributed by atoms with Gasteiger partial charge >= 0.3 is 5.97 Å². The molecule has 0 saturated carbocycles. The monoisotopic (exact) mass is 219 g/mol. The van der Waals surface area contributed by atoms with Gasteiger partial charge in [-0.25, -0.2) is 14.3 Å². The first-order chi connectivity index (χ1) is 7.38. The van der Waals surface area contributed by atoms with Crippen LogP contribution in [-0.4, -0.2) is 25.7 Å². The standard InChI is InChI=1S/C11H13N3O2/c1-11(2,3)10-12-8-5-4-7(9(15)16)6-14(8)13-10/h4-6H,1-3H3,(H,15,16). The van der Waals surface area contributed by atoms with E-state index in [4.69, 9.17) is 5.11 Å². The Balaban J connectivity index is 2.59. The molecule has 0 radical (unpaired) electrons. The molecule has 0 bridgehead atoms. The van der Waals surface area contributed by atoms with Gasteiger partial charge in [-0.05, 0) is 12.1 Å². The summed E-state index contributed by atoms with van der Waals surface area (Å²) in [6.07, 6.45) is 1.47. The Bertz CT molecular complexity index is 552. The minimum Gasteiger partial charge on any atom is -0.478 e. The van der Waals surface area contributed by atoms with Crippen LogP contribution in [0.1, 0.15) is 37.0 Å². The highest BCUT2D eigenvalue weighted by atomic mass is 16.4. The topological polar surface area (TPSA) is 67.5 Å². The Morgan fingerprint density at radius 3 is 2.62 bits per heavy atom. The second-order valence-electron chi connectivity index (χ2n) is 4.71. The lowest BCUT2D eigenvalue weighted by atomic mass is 9.96. The third kappa shape index (κ3) is 1.76. The van der Waals surface area contributed by atoms with E-state index in [2.05, 4.69) is 10.1 Å². The molecule has 16 heavy (non-hydrogen) atoms. The van der Waals surface area contributed by atoms with E-state index in [9.17, 15) is 4.79 Å². The van der Waals surface area contributed by atoms with E-state index >= 15 is 0 Å². The smallest absolute Gasteiger partial charge is 0.337 e. The third-order valence-corrected chi connectivity index (χ3v) is 2.25. The first-order valence-corrected chi connectivity index (χ1v) is 4.98. The number of aromatic carboxylic acids is 1. The summed E-state index contributed by atoms with van der Waals surface area (Å²) in [5.74, 6) is -0.259. The van der Waals surface area contributed by atoms with E-state index in [0.29, 0.717) is 11.5 Å². The van der Waals surface area contributed by atoms with Crippen LogP contribution in [0.5, 0.6) is 0 Å². The average Bonchev–Trinajstić information content (AvgIpc) is 2.58. The normalized spacial score (nSPS) is 11.9. The Morgan fingerprint density at radius 2 is 2.06 bits per heavy atom. The maximum absolute atomic E-state index is 10.8. The van der Waals surface area contributed by atoms with E-state index in [1.165, 1.54) is 16.8 Å². The molecule has 5 nitrogen and oxygen atoms in total. The molecule has 0 aliphatic heterocycles. The van der Waals surface area contributed by atoms with Crippen LogP contribution in [0.15, 0.2) is 18.3 Å². The van der Waals surface area contributed by atoms with Crippen LogP contribution >= 0.6 is 0 Å². The number of rotatable bonds is 1. The second kappa shape index (κ2) is 3.30. The van der Waals surface area contributed by atoms with Crippen LogP contribution in [0, 0.1) is 0 Å². The van der Waals surface area contributed by atoms with Gasteiger partial charge in [0.05, 0.1) is 5.56 Å². The molecule has 5 heteroatoms. The van der Waals surface area contributed by atoms with Gasteiger partial charge in [-0.1, -0.05) is 20.8 Å². The van der Waals surface area contributed by atoms with Crippen molar-refractivity contribution < 1.29 is 9.90 Å². The minimum absolute atomic E-state index is 0.143. The van der Waals surface area contributed by atoms with Crippen molar-refractivity contribution in [1.82, 2.24) is 14.6 Å². The van der Waals surface area contributed by atoms with Gasteiger partial charge in [-0.2, -0.15) is 5.10 Å². The zero-order chi connectivity index (χ0) is 11.9. The average molecular weight is 219 g/mol. The maximum Gasteiger partial charge on any atom is 0.337 e. The zero-order valence-electron chi connectivity index (χ0n) is 9.43. The molecule has 84 valence electrons. The summed E-state index contributed by atoms with van der Waals surface area (Å²) in [4.78, 5) is 15.1. The Hall–Kier alpha value is -1.91. The van der Waals surface area contributed by atoms with Gasteiger partial charge in [0.2, 0.25) is 0 Å². The molecule has 2 rings (SSSR count). The number of nitrogens with zero attached hydrogens (tertiary/aromatic N) is 3. The van der Waals surface area contributed by atoms with E-state index < -0.39 is 5.97 Å². The molecule has 0 aliphatic carbocycles. The predicted octanol–water partition coefficient (Wildman–Crippen LogP) is 1.72. The van der Waals surface area contributed by atoms with Crippen LogP contribution in [0.2, 0.25) is 0 Å². The second-order valence-corrected chi connectivity index (χ2v) is 4.71. The predicted molar refractivity (Wildman–Crippen MR) is 58.6 cm³/mol. The minimum atomic E-state index is -0.963. The fraction of sp³-hybridized carbons (Fsp3) is 0.364. The number of pyridine rings is 1. The van der Waals surface area contributed by atoms with Crippen molar-refractivity contribution in [2.45, 2.75) is 26.2 Å². The number of hydrogen-bond acceptors (Lipinski definition) is 3. The number of carboxylic acid groups (broad SMARTS) is 1. The fourth-order valence-electron chi connectivity index (χ4n) is 1.33. The van der Waals surface area contributed by atoms with Gasteiger partial charge in [-0.15, -0.1) is 0 Å². The molecule has 2 heterocycles. The van der Waals surface area contributed by atoms with Crippen molar-refractivity contribution >= 4 is 11.6 Å². The molecule has 0 aromatic carbocycles. The summed E-state index contributed by atoms with van der Waals surface area (Å²) in [6.45, 7) is 6.04. The van der Waals surface area contributed by atoms with E-state index in [1.807, 2.05) is 20.8 Å². The summed E-state index contributed by atoms with van der Waals surface area (Å²) >= 11 is 0. The zero-order valence-corrected chi connectivity index (χ0v) is 9.43. The van der Waals surface area contributed by atoms with Crippen LogP contribution in [0.4, 0.5) is 0 Å². The van der Waals surface area contributed by atoms with E-state index in [0.717, 1.165) is 0 Å². The van der Waals surface area contributed by atoms with Crippen LogP contribution < -0.4 is 0 Å².